The molecule has 1 aromatic rings. The highest BCUT2D eigenvalue weighted by Gasteiger charge is 2.19. The van der Waals surface area contributed by atoms with Gasteiger partial charge < -0.3 is 20.1 Å². The minimum atomic E-state index is -0.0707. The van der Waals surface area contributed by atoms with E-state index >= 15 is 0 Å². The summed E-state index contributed by atoms with van der Waals surface area (Å²) in [7, 11) is 0. The fourth-order valence-corrected chi connectivity index (χ4v) is 3.25. The number of nitrogens with one attached hydrogen (secondary N) is 2. The molecule has 1 atom stereocenters. The van der Waals surface area contributed by atoms with Crippen molar-refractivity contribution >= 4 is 34.2 Å². The number of ether oxygens (including phenoxy) is 2. The van der Waals surface area contributed by atoms with Crippen LogP contribution in [0.15, 0.2) is 16.6 Å². The molecule has 2 aliphatic rings. The van der Waals surface area contributed by atoms with Crippen molar-refractivity contribution in [2.24, 2.45) is 5.92 Å². The molecular formula is C15H20BrClN2O3. The Bertz CT molecular complexity index is 536. The maximum absolute atomic E-state index is 12.2. The zero-order valence-corrected chi connectivity index (χ0v) is 14.6. The van der Waals surface area contributed by atoms with Gasteiger partial charge in [-0.05, 0) is 59.9 Å². The zero-order chi connectivity index (χ0) is 14.7. The molecular weight excluding hydrogens is 372 g/mol. The van der Waals surface area contributed by atoms with Crippen LogP contribution in [-0.2, 0) is 0 Å². The van der Waals surface area contributed by atoms with Gasteiger partial charge in [-0.1, -0.05) is 0 Å². The van der Waals surface area contributed by atoms with Gasteiger partial charge in [-0.15, -0.1) is 12.4 Å². The molecule has 2 heterocycles. The van der Waals surface area contributed by atoms with E-state index < -0.39 is 0 Å². The van der Waals surface area contributed by atoms with Crippen LogP contribution in [0.25, 0.3) is 0 Å². The fourth-order valence-electron chi connectivity index (χ4n) is 2.69. The molecule has 1 fully saturated rings. The third-order valence-corrected chi connectivity index (χ3v) is 4.45. The average Bonchev–Trinajstić information content (AvgIpc) is 3.00. The number of amides is 1. The molecule has 1 unspecified atom stereocenters. The number of hydrogen-bond acceptors (Lipinski definition) is 4. The largest absolute Gasteiger partial charge is 0.486 e. The molecule has 0 aliphatic carbocycles. The minimum Gasteiger partial charge on any atom is -0.486 e. The second kappa shape index (κ2) is 8.04. The van der Waals surface area contributed by atoms with Gasteiger partial charge in [0.1, 0.15) is 13.2 Å². The van der Waals surface area contributed by atoms with Gasteiger partial charge in [-0.2, -0.15) is 0 Å². The van der Waals surface area contributed by atoms with Crippen LogP contribution in [0.3, 0.4) is 0 Å². The van der Waals surface area contributed by atoms with Gasteiger partial charge in [0.15, 0.2) is 11.5 Å². The van der Waals surface area contributed by atoms with Crippen LogP contribution in [0.1, 0.15) is 23.2 Å². The van der Waals surface area contributed by atoms with E-state index in [-0.39, 0.29) is 18.3 Å². The summed E-state index contributed by atoms with van der Waals surface area (Å²) in [4.78, 5) is 12.2. The van der Waals surface area contributed by atoms with Crippen LogP contribution in [0.2, 0.25) is 0 Å². The zero-order valence-electron chi connectivity index (χ0n) is 12.2. The number of hydrogen-bond donors (Lipinski definition) is 2. The Hall–Kier alpha value is -0.980. The molecule has 5 nitrogen and oxygen atoms in total. The summed E-state index contributed by atoms with van der Waals surface area (Å²) in [6.45, 7) is 3.90. The molecule has 22 heavy (non-hydrogen) atoms. The van der Waals surface area contributed by atoms with Gasteiger partial charge in [0, 0.05) is 12.1 Å². The summed E-state index contributed by atoms with van der Waals surface area (Å²) in [5.74, 6) is 1.91. The van der Waals surface area contributed by atoms with Crippen molar-refractivity contribution < 1.29 is 14.3 Å². The lowest BCUT2D eigenvalue weighted by Gasteiger charge is -2.20. The standard InChI is InChI=1S/C15H19BrN2O3.ClH/c16-12-7-11(8-13-14(12)21-6-5-20-13)15(19)18-4-2-10-1-3-17-9-10;/h7-8,10,17H,1-6,9H2,(H,18,19);1H. The molecule has 0 saturated carbocycles. The van der Waals surface area contributed by atoms with Crippen LogP contribution >= 0.6 is 28.3 Å². The molecule has 3 rings (SSSR count). The molecule has 2 N–H and O–H groups in total. The van der Waals surface area contributed by atoms with E-state index in [1.807, 2.05) is 0 Å². The van der Waals surface area contributed by atoms with Crippen molar-refractivity contribution in [1.82, 2.24) is 10.6 Å². The van der Waals surface area contributed by atoms with E-state index in [2.05, 4.69) is 26.6 Å². The Morgan fingerprint density at radius 1 is 1.36 bits per heavy atom. The highest BCUT2D eigenvalue weighted by Crippen LogP contribution is 2.38. The Morgan fingerprint density at radius 3 is 2.95 bits per heavy atom. The monoisotopic (exact) mass is 390 g/mol. The topological polar surface area (TPSA) is 59.6 Å². The lowest BCUT2D eigenvalue weighted by Crippen LogP contribution is -2.26. The number of fused-ring (bicyclic) bond motifs is 1. The smallest absolute Gasteiger partial charge is 0.251 e. The van der Waals surface area contributed by atoms with E-state index in [0.717, 1.165) is 24.0 Å². The summed E-state index contributed by atoms with van der Waals surface area (Å²) in [5, 5.41) is 6.31. The molecule has 2 aliphatic heterocycles. The van der Waals surface area contributed by atoms with Gasteiger partial charge >= 0.3 is 0 Å². The summed E-state index contributed by atoms with van der Waals surface area (Å²) < 4.78 is 11.8. The van der Waals surface area contributed by atoms with Crippen molar-refractivity contribution in [3.63, 3.8) is 0 Å². The van der Waals surface area contributed by atoms with Gasteiger partial charge in [0.2, 0.25) is 0 Å². The van der Waals surface area contributed by atoms with Crippen molar-refractivity contribution in [2.75, 3.05) is 32.8 Å². The number of carbonyl (C=O) groups is 1. The van der Waals surface area contributed by atoms with Crippen molar-refractivity contribution in [1.29, 1.82) is 0 Å². The van der Waals surface area contributed by atoms with E-state index in [1.165, 1.54) is 6.42 Å². The quantitative estimate of drug-likeness (QED) is 0.827. The minimum absolute atomic E-state index is 0. The van der Waals surface area contributed by atoms with Crippen LogP contribution in [0.5, 0.6) is 11.5 Å². The Kier molecular flexibility index (Phi) is 6.35. The van der Waals surface area contributed by atoms with E-state index in [9.17, 15) is 4.79 Å². The second-order valence-corrected chi connectivity index (χ2v) is 6.24. The highest BCUT2D eigenvalue weighted by molar-refractivity contribution is 9.10. The summed E-state index contributed by atoms with van der Waals surface area (Å²) in [5.41, 5.74) is 0.593. The molecule has 0 aromatic heterocycles. The number of rotatable bonds is 4. The third-order valence-electron chi connectivity index (χ3n) is 3.86. The van der Waals surface area contributed by atoms with Crippen molar-refractivity contribution in [3.8, 4) is 11.5 Å². The normalized spacial score (nSPS) is 19.4. The number of benzene rings is 1. The Labute approximate surface area is 144 Å². The van der Waals surface area contributed by atoms with Gasteiger partial charge in [0.05, 0.1) is 4.47 Å². The first-order chi connectivity index (χ1) is 10.2. The number of carbonyl (C=O) groups excluding carboxylic acids is 1. The van der Waals surface area contributed by atoms with Crippen LogP contribution in [0.4, 0.5) is 0 Å². The molecule has 0 radical (unpaired) electrons. The Balaban J connectivity index is 0.00000176. The fraction of sp³-hybridized carbons (Fsp3) is 0.533. The second-order valence-electron chi connectivity index (χ2n) is 5.39. The predicted molar refractivity (Wildman–Crippen MR) is 90.3 cm³/mol. The van der Waals surface area contributed by atoms with Crippen LogP contribution in [-0.4, -0.2) is 38.8 Å². The first kappa shape index (κ1) is 17.4. The number of halogens is 2. The summed E-state index contributed by atoms with van der Waals surface area (Å²) >= 11 is 3.43. The lowest BCUT2D eigenvalue weighted by atomic mass is 10.1. The van der Waals surface area contributed by atoms with Crippen molar-refractivity contribution in [2.45, 2.75) is 12.8 Å². The third kappa shape index (κ3) is 4.06. The SMILES string of the molecule is Cl.O=C(NCCC1CCNC1)c1cc(Br)c2c(c1)OCCO2. The van der Waals surface area contributed by atoms with E-state index in [0.29, 0.717) is 42.7 Å². The van der Waals surface area contributed by atoms with Gasteiger partial charge in [0.25, 0.3) is 5.91 Å². The predicted octanol–water partition coefficient (Wildman–Crippen LogP) is 2.37. The van der Waals surface area contributed by atoms with Crippen LogP contribution in [0, 0.1) is 5.92 Å². The molecule has 7 heteroatoms. The van der Waals surface area contributed by atoms with E-state index in [4.69, 9.17) is 9.47 Å². The highest BCUT2D eigenvalue weighted by atomic mass is 79.9. The van der Waals surface area contributed by atoms with Crippen molar-refractivity contribution in [3.05, 3.63) is 22.2 Å². The first-order valence-corrected chi connectivity index (χ1v) is 8.11. The Morgan fingerprint density at radius 2 is 2.18 bits per heavy atom. The molecule has 1 amide bonds. The molecule has 1 saturated heterocycles. The maximum atomic E-state index is 12.2. The van der Waals surface area contributed by atoms with Crippen LogP contribution < -0.4 is 20.1 Å². The molecule has 122 valence electrons. The first-order valence-electron chi connectivity index (χ1n) is 7.32. The van der Waals surface area contributed by atoms with Gasteiger partial charge in [-0.3, -0.25) is 4.79 Å². The van der Waals surface area contributed by atoms with E-state index in [1.54, 1.807) is 12.1 Å². The maximum Gasteiger partial charge on any atom is 0.251 e. The molecule has 0 bridgehead atoms. The summed E-state index contributed by atoms with van der Waals surface area (Å²) in [6.07, 6.45) is 2.22. The molecule has 0 spiro atoms. The molecule has 1 aromatic carbocycles. The van der Waals surface area contributed by atoms with Gasteiger partial charge in [-0.25, -0.2) is 0 Å². The lowest BCUT2D eigenvalue weighted by molar-refractivity contribution is 0.0950. The summed E-state index contributed by atoms with van der Waals surface area (Å²) in [6, 6.07) is 3.52. The average molecular weight is 392 g/mol.